The van der Waals surface area contributed by atoms with Gasteiger partial charge in [0.2, 0.25) is 5.28 Å². The molecule has 0 radical (unpaired) electrons. The van der Waals surface area contributed by atoms with Crippen LogP contribution in [-0.4, -0.2) is 9.55 Å². The van der Waals surface area contributed by atoms with Crippen molar-refractivity contribution in [3.8, 4) is 12.1 Å². The molecule has 0 N–H and O–H groups in total. The zero-order valence-electron chi connectivity index (χ0n) is 10.9. The van der Waals surface area contributed by atoms with Crippen molar-refractivity contribution in [2.45, 2.75) is 6.54 Å². The predicted octanol–water partition coefficient (Wildman–Crippen LogP) is 3.48. The average Bonchev–Trinajstić information content (AvgIpc) is 2.83. The lowest BCUT2D eigenvalue weighted by Crippen LogP contribution is -2.00. The van der Waals surface area contributed by atoms with E-state index >= 15 is 0 Å². The van der Waals surface area contributed by atoms with Crippen molar-refractivity contribution in [3.63, 3.8) is 0 Å². The molecule has 21 heavy (non-hydrogen) atoms. The first-order valence-corrected chi connectivity index (χ1v) is 6.64. The van der Waals surface area contributed by atoms with Crippen LogP contribution in [0.25, 0.3) is 11.0 Å². The van der Waals surface area contributed by atoms with Crippen molar-refractivity contribution >= 4 is 22.6 Å². The average molecular weight is 293 g/mol. The fraction of sp³-hybridized carbons (Fsp3) is 0.0625. The van der Waals surface area contributed by atoms with Crippen LogP contribution in [0.5, 0.6) is 0 Å². The largest absolute Gasteiger partial charge is 0.310 e. The summed E-state index contributed by atoms with van der Waals surface area (Å²) in [6.07, 6.45) is 0. The maximum Gasteiger partial charge on any atom is 0.204 e. The Kier molecular flexibility index (Phi) is 3.31. The Labute approximate surface area is 126 Å². The van der Waals surface area contributed by atoms with Crippen molar-refractivity contribution < 1.29 is 0 Å². The van der Waals surface area contributed by atoms with Crippen LogP contribution in [0, 0.1) is 22.7 Å². The third kappa shape index (κ3) is 2.45. The molecule has 100 valence electrons. The van der Waals surface area contributed by atoms with Crippen molar-refractivity contribution in [1.29, 1.82) is 10.5 Å². The third-order valence-corrected chi connectivity index (χ3v) is 3.54. The minimum atomic E-state index is 0.379. The van der Waals surface area contributed by atoms with E-state index in [9.17, 15) is 0 Å². The molecule has 0 saturated carbocycles. The molecule has 1 aromatic heterocycles. The molecule has 4 nitrogen and oxygen atoms in total. The van der Waals surface area contributed by atoms with Crippen LogP contribution in [0.4, 0.5) is 0 Å². The second-order valence-electron chi connectivity index (χ2n) is 4.59. The first-order chi connectivity index (χ1) is 10.2. The van der Waals surface area contributed by atoms with E-state index in [1.165, 1.54) is 0 Å². The minimum absolute atomic E-state index is 0.379. The maximum absolute atomic E-state index is 9.00. The summed E-state index contributed by atoms with van der Waals surface area (Å²) in [6, 6.07) is 16.8. The van der Waals surface area contributed by atoms with Crippen molar-refractivity contribution in [2.75, 3.05) is 0 Å². The lowest BCUT2D eigenvalue weighted by atomic mass is 10.1. The van der Waals surface area contributed by atoms with Gasteiger partial charge in [-0.25, -0.2) is 4.98 Å². The number of aromatic nitrogens is 2. The van der Waals surface area contributed by atoms with Gasteiger partial charge in [-0.1, -0.05) is 12.1 Å². The summed E-state index contributed by atoms with van der Waals surface area (Å²) < 4.78 is 1.85. The van der Waals surface area contributed by atoms with E-state index in [1.54, 1.807) is 30.3 Å². The number of nitrogens with zero attached hydrogens (tertiary/aromatic N) is 4. The number of imidazole rings is 1. The predicted molar refractivity (Wildman–Crippen MR) is 79.7 cm³/mol. The molecule has 0 aliphatic carbocycles. The molecular weight excluding hydrogens is 284 g/mol. The van der Waals surface area contributed by atoms with Gasteiger partial charge in [-0.15, -0.1) is 0 Å². The van der Waals surface area contributed by atoms with Crippen molar-refractivity contribution in [3.05, 3.63) is 64.4 Å². The van der Waals surface area contributed by atoms with Gasteiger partial charge >= 0.3 is 0 Å². The Morgan fingerprint density at radius 1 is 1.00 bits per heavy atom. The molecule has 0 spiro atoms. The fourth-order valence-electron chi connectivity index (χ4n) is 2.18. The zero-order valence-corrected chi connectivity index (χ0v) is 11.7. The summed E-state index contributed by atoms with van der Waals surface area (Å²) in [5, 5.41) is 18.2. The van der Waals surface area contributed by atoms with Gasteiger partial charge in [0.15, 0.2) is 0 Å². The number of rotatable bonds is 2. The number of hydrogen-bond donors (Lipinski definition) is 0. The summed E-state index contributed by atoms with van der Waals surface area (Å²) >= 11 is 6.19. The molecule has 1 heterocycles. The van der Waals surface area contributed by atoms with Gasteiger partial charge in [-0.3, -0.25) is 0 Å². The standard InChI is InChI=1S/C16H9ClN4/c17-16-20-14-6-5-13(9-19)7-15(14)21(16)10-12-3-1-11(8-18)2-4-12/h1-7H,10H2. The van der Waals surface area contributed by atoms with Gasteiger partial charge in [0.1, 0.15) is 0 Å². The summed E-state index contributed by atoms with van der Waals surface area (Å²) in [6.45, 7) is 0.538. The molecule has 3 rings (SSSR count). The normalized spacial score (nSPS) is 10.2. The summed E-state index contributed by atoms with van der Waals surface area (Å²) in [5.41, 5.74) is 3.78. The molecule has 0 amide bonds. The van der Waals surface area contributed by atoms with Gasteiger partial charge in [0, 0.05) is 0 Å². The van der Waals surface area contributed by atoms with E-state index < -0.39 is 0 Å². The Morgan fingerprint density at radius 3 is 2.33 bits per heavy atom. The van der Waals surface area contributed by atoms with E-state index in [4.69, 9.17) is 22.1 Å². The molecule has 0 saturated heterocycles. The van der Waals surface area contributed by atoms with Gasteiger partial charge in [0.05, 0.1) is 40.8 Å². The van der Waals surface area contributed by atoms with E-state index in [1.807, 2.05) is 16.7 Å². The lowest BCUT2D eigenvalue weighted by Gasteiger charge is -2.06. The summed E-state index contributed by atoms with van der Waals surface area (Å²) in [7, 11) is 0. The number of nitriles is 2. The highest BCUT2D eigenvalue weighted by atomic mass is 35.5. The van der Waals surface area contributed by atoms with Gasteiger partial charge in [-0.05, 0) is 47.5 Å². The smallest absolute Gasteiger partial charge is 0.204 e. The quantitative estimate of drug-likeness (QED) is 0.726. The maximum atomic E-state index is 9.00. The van der Waals surface area contributed by atoms with E-state index in [0.29, 0.717) is 23.0 Å². The Hall–Kier alpha value is -2.82. The lowest BCUT2D eigenvalue weighted by molar-refractivity contribution is 0.825. The summed E-state index contributed by atoms with van der Waals surface area (Å²) in [4.78, 5) is 4.29. The van der Waals surface area contributed by atoms with E-state index in [0.717, 1.165) is 16.6 Å². The van der Waals surface area contributed by atoms with Gasteiger partial charge < -0.3 is 4.57 Å². The molecule has 5 heteroatoms. The highest BCUT2D eigenvalue weighted by Gasteiger charge is 2.10. The topological polar surface area (TPSA) is 65.4 Å². The third-order valence-electron chi connectivity index (χ3n) is 3.25. The number of halogens is 1. The number of benzene rings is 2. The Morgan fingerprint density at radius 2 is 1.67 bits per heavy atom. The van der Waals surface area contributed by atoms with Crippen LogP contribution >= 0.6 is 11.6 Å². The highest BCUT2D eigenvalue weighted by Crippen LogP contribution is 2.22. The SMILES string of the molecule is N#Cc1ccc(Cn2c(Cl)nc3ccc(C#N)cc32)cc1. The molecule has 0 fully saturated rings. The van der Waals surface area contributed by atoms with Gasteiger partial charge in [-0.2, -0.15) is 10.5 Å². The molecule has 2 aromatic carbocycles. The number of hydrogen-bond acceptors (Lipinski definition) is 3. The van der Waals surface area contributed by atoms with E-state index in [2.05, 4.69) is 17.1 Å². The van der Waals surface area contributed by atoms with Crippen LogP contribution in [0.2, 0.25) is 5.28 Å². The second-order valence-corrected chi connectivity index (χ2v) is 4.93. The molecule has 3 aromatic rings. The fourth-order valence-corrected chi connectivity index (χ4v) is 2.42. The highest BCUT2D eigenvalue weighted by molar-refractivity contribution is 6.29. The zero-order chi connectivity index (χ0) is 14.8. The van der Waals surface area contributed by atoms with Crippen LogP contribution in [0.3, 0.4) is 0 Å². The van der Waals surface area contributed by atoms with Gasteiger partial charge in [0.25, 0.3) is 0 Å². The van der Waals surface area contributed by atoms with Crippen LogP contribution in [0.15, 0.2) is 42.5 Å². The molecule has 0 atom stereocenters. The van der Waals surface area contributed by atoms with Crippen molar-refractivity contribution in [1.82, 2.24) is 9.55 Å². The van der Waals surface area contributed by atoms with Crippen molar-refractivity contribution in [2.24, 2.45) is 0 Å². The monoisotopic (exact) mass is 292 g/mol. The Balaban J connectivity index is 2.05. The van der Waals surface area contributed by atoms with E-state index in [-0.39, 0.29) is 0 Å². The molecule has 0 aliphatic heterocycles. The van der Waals surface area contributed by atoms with Crippen LogP contribution < -0.4 is 0 Å². The first-order valence-electron chi connectivity index (χ1n) is 6.26. The molecule has 0 unspecified atom stereocenters. The molecule has 0 bridgehead atoms. The Bertz CT molecular complexity index is 895. The molecule has 0 aliphatic rings. The second kappa shape index (κ2) is 5.28. The first kappa shape index (κ1) is 13.2. The van der Waals surface area contributed by atoms with Crippen LogP contribution in [-0.2, 0) is 6.54 Å². The summed E-state index contributed by atoms with van der Waals surface area (Å²) in [5.74, 6) is 0. The van der Waals surface area contributed by atoms with Crippen LogP contribution in [0.1, 0.15) is 16.7 Å². The molecular formula is C16H9ClN4. The number of fused-ring (bicyclic) bond motifs is 1. The minimum Gasteiger partial charge on any atom is -0.310 e.